The number of benzene rings is 2. The van der Waals surface area contributed by atoms with E-state index in [1.165, 1.54) is 5.56 Å². The monoisotopic (exact) mass is 489 g/mol. The zero-order valence-electron chi connectivity index (χ0n) is 22.0. The average Bonchev–Trinajstić information content (AvgIpc) is 2.88. The number of methoxy groups -OCH3 is 2. The van der Waals surface area contributed by atoms with Gasteiger partial charge in [0.1, 0.15) is 17.3 Å². The van der Waals surface area contributed by atoms with Crippen molar-refractivity contribution >= 4 is 17.5 Å². The quantitative estimate of drug-likeness (QED) is 0.509. The lowest BCUT2D eigenvalue weighted by atomic mass is 10.0. The number of nitrogens with zero attached hydrogens (tertiary/aromatic N) is 4. The number of urea groups is 1. The molecule has 2 amide bonds. The summed E-state index contributed by atoms with van der Waals surface area (Å²) in [4.78, 5) is 27.0. The molecule has 0 spiro atoms. The number of rotatable bonds is 6. The van der Waals surface area contributed by atoms with Crippen LogP contribution in [0.15, 0.2) is 42.5 Å². The lowest BCUT2D eigenvalue weighted by Gasteiger charge is -2.37. The van der Waals surface area contributed by atoms with E-state index in [9.17, 15) is 4.79 Å². The number of carbonyl (C=O) groups is 1. The van der Waals surface area contributed by atoms with E-state index in [1.54, 1.807) is 32.4 Å². The number of nitrogens with one attached hydrogen (secondary N) is 1. The third-order valence-electron chi connectivity index (χ3n) is 6.47. The van der Waals surface area contributed by atoms with Crippen LogP contribution in [0.3, 0.4) is 0 Å². The highest BCUT2D eigenvalue weighted by Gasteiger charge is 2.26. The smallest absolute Gasteiger partial charge is 0.321 e. The molecule has 2 aromatic carbocycles. The second kappa shape index (κ2) is 10.8. The maximum absolute atomic E-state index is 13.0. The first-order valence-corrected chi connectivity index (χ1v) is 12.3. The van der Waals surface area contributed by atoms with Gasteiger partial charge in [-0.05, 0) is 19.8 Å². The van der Waals surface area contributed by atoms with Gasteiger partial charge in [0.25, 0.3) is 0 Å². The Labute approximate surface area is 213 Å². The van der Waals surface area contributed by atoms with E-state index in [1.807, 2.05) is 4.90 Å². The first-order chi connectivity index (χ1) is 17.3. The Morgan fingerprint density at radius 2 is 1.53 bits per heavy atom. The van der Waals surface area contributed by atoms with Crippen LogP contribution in [0.25, 0.3) is 11.4 Å². The number of hydrogen-bond donors (Lipinski definition) is 1. The van der Waals surface area contributed by atoms with Crippen LogP contribution in [-0.4, -0.2) is 61.3 Å². The van der Waals surface area contributed by atoms with Gasteiger partial charge >= 0.3 is 6.03 Å². The van der Waals surface area contributed by atoms with E-state index < -0.39 is 0 Å². The van der Waals surface area contributed by atoms with E-state index in [4.69, 9.17) is 19.4 Å². The van der Waals surface area contributed by atoms with Crippen LogP contribution in [0.5, 0.6) is 11.5 Å². The van der Waals surface area contributed by atoms with Crippen molar-refractivity contribution in [1.82, 2.24) is 14.9 Å². The van der Waals surface area contributed by atoms with Gasteiger partial charge in [0.2, 0.25) is 0 Å². The summed E-state index contributed by atoms with van der Waals surface area (Å²) in [5.41, 5.74) is 5.00. The summed E-state index contributed by atoms with van der Waals surface area (Å²) in [6.07, 6.45) is 0. The summed E-state index contributed by atoms with van der Waals surface area (Å²) >= 11 is 0. The van der Waals surface area contributed by atoms with Gasteiger partial charge in [-0.2, -0.15) is 0 Å². The van der Waals surface area contributed by atoms with Crippen LogP contribution in [0, 0.1) is 13.8 Å². The number of anilines is 2. The van der Waals surface area contributed by atoms with Crippen LogP contribution in [0.2, 0.25) is 0 Å². The zero-order valence-corrected chi connectivity index (χ0v) is 22.0. The Balaban J connectivity index is 1.51. The van der Waals surface area contributed by atoms with Gasteiger partial charge in [0.05, 0.1) is 14.2 Å². The Morgan fingerprint density at radius 1 is 0.917 bits per heavy atom. The molecule has 0 saturated carbocycles. The first kappa shape index (κ1) is 25.3. The van der Waals surface area contributed by atoms with Gasteiger partial charge in [-0.3, -0.25) is 0 Å². The molecule has 0 bridgehead atoms. The molecule has 2 heterocycles. The van der Waals surface area contributed by atoms with Crippen LogP contribution < -0.4 is 19.7 Å². The van der Waals surface area contributed by atoms with Crippen LogP contribution >= 0.6 is 0 Å². The van der Waals surface area contributed by atoms with Crippen molar-refractivity contribution in [2.24, 2.45) is 0 Å². The molecular formula is C28H35N5O3. The molecule has 190 valence electrons. The summed E-state index contributed by atoms with van der Waals surface area (Å²) < 4.78 is 10.6. The molecule has 1 saturated heterocycles. The number of amides is 2. The van der Waals surface area contributed by atoms with E-state index in [0.29, 0.717) is 43.4 Å². The predicted octanol–water partition coefficient (Wildman–Crippen LogP) is 5.26. The summed E-state index contributed by atoms with van der Waals surface area (Å²) in [6.45, 7) is 11.0. The minimum atomic E-state index is -0.145. The molecule has 36 heavy (non-hydrogen) atoms. The minimum absolute atomic E-state index is 0.145. The van der Waals surface area contributed by atoms with Crippen molar-refractivity contribution in [3.8, 4) is 22.9 Å². The Bertz CT molecular complexity index is 1200. The lowest BCUT2D eigenvalue weighted by molar-refractivity contribution is 0.208. The highest BCUT2D eigenvalue weighted by molar-refractivity contribution is 5.90. The molecule has 1 aliphatic rings. The molecule has 1 fully saturated rings. The zero-order chi connectivity index (χ0) is 25.8. The number of aryl methyl sites for hydroxylation is 2. The summed E-state index contributed by atoms with van der Waals surface area (Å²) in [7, 11) is 3.17. The average molecular weight is 490 g/mol. The Morgan fingerprint density at radius 3 is 2.08 bits per heavy atom. The van der Waals surface area contributed by atoms with Gasteiger partial charge in [-0.15, -0.1) is 0 Å². The summed E-state index contributed by atoms with van der Waals surface area (Å²) in [5.74, 6) is 3.24. The molecule has 0 unspecified atom stereocenters. The second-order valence-electron chi connectivity index (χ2n) is 9.40. The second-order valence-corrected chi connectivity index (χ2v) is 9.40. The van der Waals surface area contributed by atoms with Crippen molar-refractivity contribution in [3.63, 3.8) is 0 Å². The van der Waals surface area contributed by atoms with E-state index in [-0.39, 0.29) is 11.9 Å². The third kappa shape index (κ3) is 5.53. The van der Waals surface area contributed by atoms with Gasteiger partial charge in [-0.25, -0.2) is 14.8 Å². The van der Waals surface area contributed by atoms with Crippen molar-refractivity contribution in [3.05, 3.63) is 59.3 Å². The maximum Gasteiger partial charge on any atom is 0.321 e. The van der Waals surface area contributed by atoms with Crippen molar-refractivity contribution in [2.75, 3.05) is 50.6 Å². The highest BCUT2D eigenvalue weighted by atomic mass is 16.5. The van der Waals surface area contributed by atoms with E-state index >= 15 is 0 Å². The van der Waals surface area contributed by atoms with Gasteiger partial charge in [0.15, 0.2) is 5.82 Å². The molecule has 0 radical (unpaired) electrons. The largest absolute Gasteiger partial charge is 0.497 e. The molecule has 1 aromatic heterocycles. The van der Waals surface area contributed by atoms with Gasteiger partial charge in [0, 0.05) is 66.9 Å². The standard InChI is InChI=1S/C28H35N5O3/c1-18(2)25-20(4)29-26(21-9-7-19(3)8-10-21)31-27(25)32-11-13-33(14-12-32)28(34)30-22-15-23(35-5)17-24(16-22)36-6/h7-10,15-18H,11-14H2,1-6H3,(H,30,34). The molecule has 4 rings (SSSR count). The molecule has 0 atom stereocenters. The molecule has 1 N–H and O–H groups in total. The molecule has 3 aromatic rings. The fourth-order valence-electron chi connectivity index (χ4n) is 4.52. The molecule has 8 nitrogen and oxygen atoms in total. The number of piperazine rings is 1. The van der Waals surface area contributed by atoms with E-state index in [2.05, 4.69) is 62.2 Å². The Hall–Kier alpha value is -3.81. The van der Waals surface area contributed by atoms with Crippen LogP contribution in [0.1, 0.15) is 36.6 Å². The van der Waals surface area contributed by atoms with Gasteiger partial charge < -0.3 is 24.6 Å². The van der Waals surface area contributed by atoms with Crippen molar-refractivity contribution in [2.45, 2.75) is 33.6 Å². The summed E-state index contributed by atoms with van der Waals surface area (Å²) in [6, 6.07) is 13.5. The maximum atomic E-state index is 13.0. The number of hydrogen-bond acceptors (Lipinski definition) is 6. The van der Waals surface area contributed by atoms with Crippen molar-refractivity contribution < 1.29 is 14.3 Å². The highest BCUT2D eigenvalue weighted by Crippen LogP contribution is 2.32. The molecular weight excluding hydrogens is 454 g/mol. The first-order valence-electron chi connectivity index (χ1n) is 12.3. The number of aromatic nitrogens is 2. The number of ether oxygens (including phenoxy) is 2. The molecule has 1 aliphatic heterocycles. The fourth-order valence-corrected chi connectivity index (χ4v) is 4.52. The SMILES string of the molecule is COc1cc(NC(=O)N2CCN(c3nc(-c4ccc(C)cc4)nc(C)c3C(C)C)CC2)cc(OC)c1. The normalized spacial score (nSPS) is 13.6. The third-order valence-corrected chi connectivity index (χ3v) is 6.47. The topological polar surface area (TPSA) is 79.8 Å². The molecule has 8 heteroatoms. The Kier molecular flexibility index (Phi) is 7.62. The number of carbonyl (C=O) groups excluding carboxylic acids is 1. The predicted molar refractivity (Wildman–Crippen MR) is 143 cm³/mol. The van der Waals surface area contributed by atoms with Crippen molar-refractivity contribution in [1.29, 1.82) is 0 Å². The van der Waals surface area contributed by atoms with Crippen LogP contribution in [0.4, 0.5) is 16.3 Å². The molecule has 0 aliphatic carbocycles. The van der Waals surface area contributed by atoms with Gasteiger partial charge in [-0.1, -0.05) is 43.7 Å². The lowest BCUT2D eigenvalue weighted by Crippen LogP contribution is -2.50. The minimum Gasteiger partial charge on any atom is -0.497 e. The van der Waals surface area contributed by atoms with E-state index in [0.717, 1.165) is 28.5 Å². The fraction of sp³-hybridized carbons (Fsp3) is 0.393. The van der Waals surface area contributed by atoms with Crippen LogP contribution in [-0.2, 0) is 0 Å². The summed E-state index contributed by atoms with van der Waals surface area (Å²) in [5, 5.41) is 2.97.